The lowest BCUT2D eigenvalue weighted by atomic mass is 9.79. The monoisotopic (exact) mass is 422 g/mol. The van der Waals surface area contributed by atoms with E-state index in [1.807, 2.05) is 6.92 Å². The van der Waals surface area contributed by atoms with E-state index in [0.717, 1.165) is 5.56 Å². The molecule has 3 heterocycles. The van der Waals surface area contributed by atoms with Gasteiger partial charge in [-0.1, -0.05) is 18.2 Å². The molecule has 1 aliphatic rings. The van der Waals surface area contributed by atoms with Crippen LogP contribution in [0.3, 0.4) is 0 Å². The van der Waals surface area contributed by atoms with Crippen LogP contribution in [0.2, 0.25) is 0 Å². The summed E-state index contributed by atoms with van der Waals surface area (Å²) in [6.45, 7) is 3.89. The number of esters is 1. The van der Waals surface area contributed by atoms with Gasteiger partial charge in [-0.2, -0.15) is 4.39 Å². The van der Waals surface area contributed by atoms with Gasteiger partial charge >= 0.3 is 5.97 Å². The van der Waals surface area contributed by atoms with Gasteiger partial charge in [-0.3, -0.25) is 9.98 Å². The molecule has 0 spiro atoms. The molecule has 0 aliphatic carbocycles. The third kappa shape index (κ3) is 3.76. The van der Waals surface area contributed by atoms with Gasteiger partial charge < -0.3 is 10.1 Å². The topological polar surface area (TPSA) is 76.5 Å². The normalized spacial score (nSPS) is 20.1. The number of aromatic nitrogens is 2. The Morgan fingerprint density at radius 3 is 2.52 bits per heavy atom. The second kappa shape index (κ2) is 8.22. The van der Waals surface area contributed by atoms with E-state index in [4.69, 9.17) is 9.73 Å². The molecule has 3 aromatic rings. The number of hydrogen-bond acceptors (Lipinski definition) is 6. The van der Waals surface area contributed by atoms with Crippen LogP contribution in [0.25, 0.3) is 0 Å². The maximum atomic E-state index is 13.6. The Morgan fingerprint density at radius 2 is 1.84 bits per heavy atom. The standard InChI is InChI=1S/C23H20F2N4O2/c1-3-31-22(30)15-10-11-26-19(12-15)21-28-14(2)23(29-21,16-4-7-18(24)8-5-16)17-6-9-20(25)27-13-17/h4-14H,3H2,1-2H3,(H,28,29)/t14-,23-/m0/s1. The number of ether oxygens (including phenoxy) is 1. The van der Waals surface area contributed by atoms with Crippen LogP contribution in [-0.4, -0.2) is 34.4 Å². The van der Waals surface area contributed by atoms with Gasteiger partial charge in [0.15, 0.2) is 0 Å². The number of aliphatic imine (C=N–C) groups is 1. The third-order valence-corrected chi connectivity index (χ3v) is 5.26. The number of benzene rings is 1. The molecule has 1 aromatic carbocycles. The number of hydrogen-bond donors (Lipinski definition) is 1. The Morgan fingerprint density at radius 1 is 1.10 bits per heavy atom. The highest BCUT2D eigenvalue weighted by Crippen LogP contribution is 2.38. The molecular weight excluding hydrogens is 402 g/mol. The maximum absolute atomic E-state index is 13.6. The molecule has 0 saturated carbocycles. The van der Waals surface area contributed by atoms with Gasteiger partial charge in [0.05, 0.1) is 18.2 Å². The van der Waals surface area contributed by atoms with Gasteiger partial charge in [0.25, 0.3) is 0 Å². The van der Waals surface area contributed by atoms with E-state index >= 15 is 0 Å². The third-order valence-electron chi connectivity index (χ3n) is 5.26. The molecule has 2 atom stereocenters. The van der Waals surface area contributed by atoms with E-state index in [1.165, 1.54) is 30.6 Å². The fourth-order valence-electron chi connectivity index (χ4n) is 3.76. The van der Waals surface area contributed by atoms with Gasteiger partial charge in [-0.05, 0) is 49.7 Å². The van der Waals surface area contributed by atoms with Gasteiger partial charge in [0.2, 0.25) is 5.95 Å². The van der Waals surface area contributed by atoms with Crippen LogP contribution in [0.1, 0.15) is 41.0 Å². The van der Waals surface area contributed by atoms with Crippen LogP contribution in [0.4, 0.5) is 8.78 Å². The predicted molar refractivity (Wildman–Crippen MR) is 111 cm³/mol. The highest BCUT2D eigenvalue weighted by Gasteiger charge is 2.45. The average Bonchev–Trinajstić information content (AvgIpc) is 3.13. The molecule has 0 amide bonds. The van der Waals surface area contributed by atoms with Crippen LogP contribution < -0.4 is 5.32 Å². The lowest BCUT2D eigenvalue weighted by Gasteiger charge is -2.34. The molecule has 6 nitrogen and oxygen atoms in total. The zero-order chi connectivity index (χ0) is 22.0. The molecule has 4 rings (SSSR count). The first kappa shape index (κ1) is 20.6. The number of carbonyl (C=O) groups is 1. The minimum atomic E-state index is -0.925. The number of nitrogens with zero attached hydrogens (tertiary/aromatic N) is 3. The smallest absolute Gasteiger partial charge is 0.338 e. The zero-order valence-electron chi connectivity index (χ0n) is 17.0. The first-order chi connectivity index (χ1) is 14.9. The summed E-state index contributed by atoms with van der Waals surface area (Å²) in [5.41, 5.74) is 1.28. The molecule has 0 bridgehead atoms. The summed E-state index contributed by atoms with van der Waals surface area (Å²) in [5.74, 6) is -0.974. The Bertz CT molecular complexity index is 1090. The van der Waals surface area contributed by atoms with E-state index in [-0.39, 0.29) is 18.5 Å². The first-order valence-corrected chi connectivity index (χ1v) is 9.81. The van der Waals surface area contributed by atoms with Crippen molar-refractivity contribution in [2.75, 3.05) is 6.61 Å². The molecule has 0 fully saturated rings. The quantitative estimate of drug-likeness (QED) is 0.502. The lowest BCUT2D eigenvalue weighted by Crippen LogP contribution is -2.48. The van der Waals surface area contributed by atoms with E-state index in [1.54, 1.807) is 37.3 Å². The fourth-order valence-corrected chi connectivity index (χ4v) is 3.76. The SMILES string of the molecule is CCOC(=O)c1ccnc(C2=N[C@@H](C)[C@](c3ccc(F)cc3)(c3ccc(F)nc3)N2)c1. The Kier molecular flexibility index (Phi) is 5.46. The molecule has 0 radical (unpaired) electrons. The molecule has 1 aliphatic heterocycles. The largest absolute Gasteiger partial charge is 0.462 e. The van der Waals surface area contributed by atoms with Gasteiger partial charge in [0.1, 0.15) is 22.9 Å². The van der Waals surface area contributed by atoms with E-state index in [0.29, 0.717) is 22.7 Å². The van der Waals surface area contributed by atoms with Gasteiger partial charge in [-0.25, -0.2) is 14.2 Å². The number of halogens is 2. The van der Waals surface area contributed by atoms with Crippen molar-refractivity contribution in [3.63, 3.8) is 0 Å². The Labute approximate surface area is 178 Å². The summed E-state index contributed by atoms with van der Waals surface area (Å²) in [4.78, 5) is 25.0. The number of rotatable bonds is 5. The van der Waals surface area contributed by atoms with Crippen molar-refractivity contribution < 1.29 is 18.3 Å². The van der Waals surface area contributed by atoms with Crippen molar-refractivity contribution >= 4 is 11.8 Å². The number of nitrogens with one attached hydrogen (secondary N) is 1. The molecule has 0 saturated heterocycles. The lowest BCUT2D eigenvalue weighted by molar-refractivity contribution is 0.0526. The van der Waals surface area contributed by atoms with Crippen molar-refractivity contribution in [2.24, 2.45) is 4.99 Å². The summed E-state index contributed by atoms with van der Waals surface area (Å²) in [6, 6.07) is 11.7. The molecule has 8 heteroatoms. The summed E-state index contributed by atoms with van der Waals surface area (Å²) >= 11 is 0. The summed E-state index contributed by atoms with van der Waals surface area (Å²) in [6.07, 6.45) is 2.94. The summed E-state index contributed by atoms with van der Waals surface area (Å²) in [7, 11) is 0. The minimum Gasteiger partial charge on any atom is -0.462 e. The van der Waals surface area contributed by atoms with Crippen molar-refractivity contribution in [1.29, 1.82) is 0 Å². The van der Waals surface area contributed by atoms with Crippen LogP contribution in [0.5, 0.6) is 0 Å². The highest BCUT2D eigenvalue weighted by molar-refractivity contribution is 6.01. The van der Waals surface area contributed by atoms with E-state index < -0.39 is 17.5 Å². The van der Waals surface area contributed by atoms with Crippen molar-refractivity contribution in [1.82, 2.24) is 15.3 Å². The second-order valence-electron chi connectivity index (χ2n) is 7.11. The summed E-state index contributed by atoms with van der Waals surface area (Å²) < 4.78 is 32.2. The van der Waals surface area contributed by atoms with Crippen LogP contribution in [-0.2, 0) is 10.3 Å². The molecule has 158 valence electrons. The number of pyridine rings is 2. The average molecular weight is 422 g/mol. The summed E-state index contributed by atoms with van der Waals surface area (Å²) in [5, 5.41) is 3.39. The molecule has 2 aromatic heterocycles. The number of carbonyl (C=O) groups excluding carboxylic acids is 1. The van der Waals surface area contributed by atoms with Crippen molar-refractivity contribution in [2.45, 2.75) is 25.4 Å². The highest BCUT2D eigenvalue weighted by atomic mass is 19.1. The second-order valence-corrected chi connectivity index (χ2v) is 7.11. The Balaban J connectivity index is 1.78. The molecule has 0 unspecified atom stereocenters. The molecular formula is C23H20F2N4O2. The zero-order valence-corrected chi connectivity index (χ0v) is 17.0. The van der Waals surface area contributed by atoms with Crippen LogP contribution in [0.15, 0.2) is 65.9 Å². The van der Waals surface area contributed by atoms with Gasteiger partial charge in [0, 0.05) is 18.0 Å². The van der Waals surface area contributed by atoms with Crippen LogP contribution >= 0.6 is 0 Å². The Hall–Kier alpha value is -3.68. The number of amidine groups is 1. The van der Waals surface area contributed by atoms with Gasteiger partial charge in [-0.15, -0.1) is 0 Å². The molecule has 1 N–H and O–H groups in total. The van der Waals surface area contributed by atoms with E-state index in [9.17, 15) is 13.6 Å². The first-order valence-electron chi connectivity index (χ1n) is 9.81. The van der Waals surface area contributed by atoms with Crippen molar-refractivity contribution in [3.05, 3.63) is 95.1 Å². The molecule has 31 heavy (non-hydrogen) atoms. The minimum absolute atomic E-state index is 0.262. The predicted octanol–water partition coefficient (Wildman–Crippen LogP) is 3.61. The van der Waals surface area contributed by atoms with Crippen LogP contribution in [0, 0.1) is 11.8 Å². The maximum Gasteiger partial charge on any atom is 0.338 e. The van der Waals surface area contributed by atoms with E-state index in [2.05, 4.69) is 15.3 Å². The van der Waals surface area contributed by atoms with Crippen molar-refractivity contribution in [3.8, 4) is 0 Å². The fraction of sp³-hybridized carbons (Fsp3) is 0.217.